The van der Waals surface area contributed by atoms with Crippen LogP contribution < -0.4 is 15.0 Å². The van der Waals surface area contributed by atoms with Crippen LogP contribution >= 0.6 is 0 Å². The molecule has 0 aliphatic carbocycles. The van der Waals surface area contributed by atoms with Crippen molar-refractivity contribution < 1.29 is 23.4 Å². The van der Waals surface area contributed by atoms with E-state index in [0.717, 1.165) is 49.0 Å². The van der Waals surface area contributed by atoms with Gasteiger partial charge in [0.05, 0.1) is 11.1 Å². The maximum atomic E-state index is 13.2. The zero-order valence-electron chi connectivity index (χ0n) is 16.9. The van der Waals surface area contributed by atoms with Crippen molar-refractivity contribution >= 4 is 22.6 Å². The Balaban J connectivity index is 1.42. The molecule has 4 rings (SSSR count). The summed E-state index contributed by atoms with van der Waals surface area (Å²) in [6.07, 6.45) is 1.08. The predicted molar refractivity (Wildman–Crippen MR) is 113 cm³/mol. The van der Waals surface area contributed by atoms with Crippen LogP contribution in [0.4, 0.5) is 14.6 Å². The number of pyridine rings is 1. The number of anilines is 1. The largest absolute Gasteiger partial charge is 0.491 e. The highest BCUT2D eigenvalue weighted by Gasteiger charge is 2.22. The molecule has 31 heavy (non-hydrogen) atoms. The van der Waals surface area contributed by atoms with Crippen molar-refractivity contribution in [3.05, 3.63) is 65.7 Å². The molecule has 0 radical (unpaired) electrons. The van der Waals surface area contributed by atoms with E-state index in [9.17, 15) is 18.7 Å². The summed E-state index contributed by atoms with van der Waals surface area (Å²) in [5.74, 6) is -1.61. The van der Waals surface area contributed by atoms with Gasteiger partial charge >= 0.3 is 0 Å². The number of hydrogen-bond donors (Lipinski definition) is 2. The molecule has 0 bridgehead atoms. The van der Waals surface area contributed by atoms with Crippen molar-refractivity contribution in [2.24, 2.45) is 0 Å². The van der Waals surface area contributed by atoms with Gasteiger partial charge in [-0.05, 0) is 37.1 Å². The molecule has 2 aromatic carbocycles. The minimum absolute atomic E-state index is 0.0607. The molecule has 1 atom stereocenters. The Hall–Kier alpha value is -3.26. The van der Waals surface area contributed by atoms with Crippen LogP contribution in [-0.4, -0.2) is 48.3 Å². The number of hydrogen-bond acceptors (Lipinski definition) is 5. The van der Waals surface area contributed by atoms with Gasteiger partial charge in [0.1, 0.15) is 24.3 Å². The molecule has 1 unspecified atom stereocenters. The zero-order valence-corrected chi connectivity index (χ0v) is 16.9. The number of para-hydroxylation sites is 1. The van der Waals surface area contributed by atoms with E-state index in [2.05, 4.69) is 10.2 Å². The van der Waals surface area contributed by atoms with Crippen molar-refractivity contribution in [1.29, 1.82) is 0 Å². The number of nitrogens with one attached hydrogen (secondary N) is 1. The molecule has 0 saturated carbocycles. The number of aliphatic hydroxyl groups excluding tert-OH is 1. The average Bonchev–Trinajstić information content (AvgIpc) is 3.32. The summed E-state index contributed by atoms with van der Waals surface area (Å²) in [5.41, 5.74) is 1.27. The summed E-state index contributed by atoms with van der Waals surface area (Å²) >= 11 is 0. The molecule has 162 valence electrons. The van der Waals surface area contributed by atoms with Crippen molar-refractivity contribution in [2.45, 2.75) is 18.9 Å². The van der Waals surface area contributed by atoms with E-state index in [-0.39, 0.29) is 24.8 Å². The Morgan fingerprint density at radius 3 is 2.68 bits per heavy atom. The van der Waals surface area contributed by atoms with E-state index < -0.39 is 17.7 Å². The molecule has 1 fully saturated rings. The van der Waals surface area contributed by atoms with Crippen LogP contribution in [0.1, 0.15) is 23.2 Å². The predicted octanol–water partition coefficient (Wildman–Crippen LogP) is 3.28. The molecular formula is C23H23F2N3O3. The molecule has 3 aromatic rings. The molecule has 2 N–H and O–H groups in total. The number of carbonyl (C=O) groups excluding carboxylic acids is 1. The van der Waals surface area contributed by atoms with Crippen LogP contribution in [0.15, 0.2) is 48.5 Å². The summed E-state index contributed by atoms with van der Waals surface area (Å²) in [4.78, 5) is 19.7. The first-order valence-corrected chi connectivity index (χ1v) is 10.2. The monoisotopic (exact) mass is 427 g/mol. The number of carbonyl (C=O) groups is 1. The molecule has 1 aromatic heterocycles. The lowest BCUT2D eigenvalue weighted by atomic mass is 10.1. The number of rotatable bonds is 7. The molecule has 1 amide bonds. The lowest BCUT2D eigenvalue weighted by Gasteiger charge is -2.21. The number of aromatic nitrogens is 1. The van der Waals surface area contributed by atoms with Crippen LogP contribution in [0.3, 0.4) is 0 Å². The summed E-state index contributed by atoms with van der Waals surface area (Å²) in [5, 5.41) is 13.7. The quantitative estimate of drug-likeness (QED) is 0.605. The third-order valence-electron chi connectivity index (χ3n) is 5.19. The first-order valence-electron chi connectivity index (χ1n) is 10.2. The standard InChI is InChI=1S/C23H23F2N3O3/c24-19-8-7-17(12-20(19)25)31-14-16(29)13-26-23(30)18-11-15-5-1-2-6-21(15)27-22(18)28-9-3-4-10-28/h1-2,5-8,11-12,16,29H,3-4,9-10,13-14H2,(H,26,30). The number of halogens is 2. The van der Waals surface area contributed by atoms with Gasteiger partial charge in [-0.25, -0.2) is 13.8 Å². The lowest BCUT2D eigenvalue weighted by Crippen LogP contribution is -2.36. The highest BCUT2D eigenvalue weighted by molar-refractivity contribution is 6.02. The normalized spacial score (nSPS) is 14.6. The fourth-order valence-corrected chi connectivity index (χ4v) is 3.57. The number of nitrogens with zero attached hydrogens (tertiary/aromatic N) is 2. The van der Waals surface area contributed by atoms with E-state index in [1.165, 1.54) is 6.07 Å². The maximum absolute atomic E-state index is 13.2. The summed E-state index contributed by atoms with van der Waals surface area (Å²) in [7, 11) is 0. The van der Waals surface area contributed by atoms with E-state index in [1.807, 2.05) is 30.3 Å². The Labute approximate surface area is 178 Å². The van der Waals surface area contributed by atoms with Crippen molar-refractivity contribution in [3.8, 4) is 5.75 Å². The van der Waals surface area contributed by atoms with E-state index in [4.69, 9.17) is 9.72 Å². The Kier molecular flexibility index (Phi) is 6.27. The fraction of sp³-hybridized carbons (Fsp3) is 0.304. The molecule has 6 nitrogen and oxygen atoms in total. The first kappa shape index (κ1) is 21.0. The van der Waals surface area contributed by atoms with Gasteiger partial charge in [0, 0.05) is 31.1 Å². The Bertz CT molecular complexity index is 1090. The second kappa shape index (κ2) is 9.26. The summed E-state index contributed by atoms with van der Waals surface area (Å²) in [6.45, 7) is 1.45. The van der Waals surface area contributed by atoms with Crippen LogP contribution in [0.2, 0.25) is 0 Å². The van der Waals surface area contributed by atoms with Crippen LogP contribution in [0.25, 0.3) is 10.9 Å². The van der Waals surface area contributed by atoms with Gasteiger partial charge in [0.2, 0.25) is 0 Å². The number of fused-ring (bicyclic) bond motifs is 1. The SMILES string of the molecule is O=C(NCC(O)COc1ccc(F)c(F)c1)c1cc2ccccc2nc1N1CCCC1. The van der Waals surface area contributed by atoms with E-state index in [0.29, 0.717) is 11.4 Å². The topological polar surface area (TPSA) is 74.7 Å². The summed E-state index contributed by atoms with van der Waals surface area (Å²) < 4.78 is 31.5. The number of amides is 1. The maximum Gasteiger partial charge on any atom is 0.255 e. The van der Waals surface area contributed by atoms with Crippen molar-refractivity contribution in [1.82, 2.24) is 10.3 Å². The summed E-state index contributed by atoms with van der Waals surface area (Å²) in [6, 6.07) is 12.6. The fourth-order valence-electron chi connectivity index (χ4n) is 3.57. The minimum Gasteiger partial charge on any atom is -0.491 e. The highest BCUT2D eigenvalue weighted by Crippen LogP contribution is 2.26. The molecule has 1 saturated heterocycles. The number of aliphatic hydroxyl groups is 1. The van der Waals surface area contributed by atoms with Crippen LogP contribution in [-0.2, 0) is 0 Å². The Morgan fingerprint density at radius 2 is 1.90 bits per heavy atom. The third kappa shape index (κ3) is 4.91. The smallest absolute Gasteiger partial charge is 0.255 e. The van der Waals surface area contributed by atoms with Gasteiger partial charge in [0.15, 0.2) is 11.6 Å². The van der Waals surface area contributed by atoms with Gasteiger partial charge in [-0.15, -0.1) is 0 Å². The molecule has 2 heterocycles. The minimum atomic E-state index is -1.03. The molecule has 0 spiro atoms. The van der Waals surface area contributed by atoms with Gasteiger partial charge in [0.25, 0.3) is 5.91 Å². The van der Waals surface area contributed by atoms with E-state index in [1.54, 1.807) is 0 Å². The third-order valence-corrected chi connectivity index (χ3v) is 5.19. The van der Waals surface area contributed by atoms with Crippen LogP contribution in [0, 0.1) is 11.6 Å². The second-order valence-electron chi connectivity index (χ2n) is 7.50. The lowest BCUT2D eigenvalue weighted by molar-refractivity contribution is 0.0843. The van der Waals surface area contributed by atoms with E-state index >= 15 is 0 Å². The molecular weight excluding hydrogens is 404 g/mol. The number of benzene rings is 2. The highest BCUT2D eigenvalue weighted by atomic mass is 19.2. The average molecular weight is 427 g/mol. The zero-order chi connectivity index (χ0) is 21.8. The molecule has 1 aliphatic rings. The van der Waals surface area contributed by atoms with Gasteiger partial charge in [-0.3, -0.25) is 4.79 Å². The first-order chi connectivity index (χ1) is 15.0. The van der Waals surface area contributed by atoms with Gasteiger partial charge in [-0.2, -0.15) is 0 Å². The van der Waals surface area contributed by atoms with Gasteiger partial charge < -0.3 is 20.1 Å². The van der Waals surface area contributed by atoms with Crippen molar-refractivity contribution in [2.75, 3.05) is 31.1 Å². The van der Waals surface area contributed by atoms with Gasteiger partial charge in [-0.1, -0.05) is 18.2 Å². The van der Waals surface area contributed by atoms with Crippen molar-refractivity contribution in [3.63, 3.8) is 0 Å². The van der Waals surface area contributed by atoms with Crippen LogP contribution in [0.5, 0.6) is 5.75 Å². The molecule has 1 aliphatic heterocycles. The Morgan fingerprint density at radius 1 is 1.13 bits per heavy atom. The second-order valence-corrected chi connectivity index (χ2v) is 7.50. The molecule has 8 heteroatoms. The number of ether oxygens (including phenoxy) is 1.